The van der Waals surface area contributed by atoms with E-state index >= 15 is 0 Å². The largest absolute Gasteiger partial charge is 0.491 e. The number of nitrogens with two attached hydrogens (primary N) is 1. The van der Waals surface area contributed by atoms with Crippen LogP contribution in [0.15, 0.2) is 24.3 Å². The predicted octanol–water partition coefficient (Wildman–Crippen LogP) is 1.11. The summed E-state index contributed by atoms with van der Waals surface area (Å²) in [7, 11) is 0. The number of ether oxygens (including phenoxy) is 3. The number of benzene rings is 1. The van der Waals surface area contributed by atoms with E-state index in [1.54, 1.807) is 24.3 Å². The van der Waals surface area contributed by atoms with Gasteiger partial charge in [-0.25, -0.2) is 5.84 Å². The van der Waals surface area contributed by atoms with Crippen molar-refractivity contribution >= 4 is 5.91 Å². The SMILES string of the molecule is CC(C)OCCOCCOc1cccc(C(=O)NN)c1. The predicted molar refractivity (Wildman–Crippen MR) is 75.5 cm³/mol. The Labute approximate surface area is 119 Å². The molecule has 112 valence electrons. The van der Waals surface area contributed by atoms with Crippen LogP contribution in [0.3, 0.4) is 0 Å². The van der Waals surface area contributed by atoms with E-state index in [1.165, 1.54) is 0 Å². The van der Waals surface area contributed by atoms with Gasteiger partial charge in [0.1, 0.15) is 12.4 Å². The number of carbonyl (C=O) groups excluding carboxylic acids is 1. The van der Waals surface area contributed by atoms with E-state index in [0.29, 0.717) is 37.7 Å². The number of hydrazine groups is 1. The van der Waals surface area contributed by atoms with E-state index in [1.807, 2.05) is 13.8 Å². The summed E-state index contributed by atoms with van der Waals surface area (Å²) in [4.78, 5) is 11.3. The number of amides is 1. The van der Waals surface area contributed by atoms with Crippen molar-refractivity contribution < 1.29 is 19.0 Å². The first-order valence-corrected chi connectivity index (χ1v) is 6.56. The second kappa shape index (κ2) is 9.30. The maximum atomic E-state index is 11.3. The molecule has 1 aromatic rings. The molecule has 0 fully saturated rings. The Bertz CT molecular complexity index is 410. The molecule has 1 aromatic carbocycles. The van der Waals surface area contributed by atoms with Gasteiger partial charge >= 0.3 is 0 Å². The van der Waals surface area contributed by atoms with E-state index in [-0.39, 0.29) is 12.0 Å². The summed E-state index contributed by atoms with van der Waals surface area (Å²) in [6, 6.07) is 6.80. The molecule has 1 amide bonds. The van der Waals surface area contributed by atoms with E-state index in [9.17, 15) is 4.79 Å². The normalized spacial score (nSPS) is 10.6. The third kappa shape index (κ3) is 6.51. The van der Waals surface area contributed by atoms with Crippen LogP contribution in [0.25, 0.3) is 0 Å². The lowest BCUT2D eigenvalue weighted by molar-refractivity contribution is 0.0124. The first-order valence-electron chi connectivity index (χ1n) is 6.56. The number of carbonyl (C=O) groups is 1. The molecule has 0 aromatic heterocycles. The lowest BCUT2D eigenvalue weighted by Crippen LogP contribution is -2.29. The van der Waals surface area contributed by atoms with E-state index in [4.69, 9.17) is 20.1 Å². The fourth-order valence-corrected chi connectivity index (χ4v) is 1.47. The Balaban J connectivity index is 2.20. The molecule has 0 unspecified atom stereocenters. The van der Waals surface area contributed by atoms with Crippen molar-refractivity contribution in [2.24, 2.45) is 5.84 Å². The number of rotatable bonds is 9. The van der Waals surface area contributed by atoms with E-state index in [2.05, 4.69) is 5.43 Å². The van der Waals surface area contributed by atoms with Crippen molar-refractivity contribution in [1.29, 1.82) is 0 Å². The third-order valence-corrected chi connectivity index (χ3v) is 2.40. The van der Waals surface area contributed by atoms with Crippen molar-refractivity contribution in [2.45, 2.75) is 20.0 Å². The Kier molecular flexibility index (Phi) is 7.64. The molecule has 1 rings (SSSR count). The average Bonchev–Trinajstić information content (AvgIpc) is 2.45. The van der Waals surface area contributed by atoms with Gasteiger partial charge in [-0.05, 0) is 32.0 Å². The van der Waals surface area contributed by atoms with Crippen molar-refractivity contribution in [3.05, 3.63) is 29.8 Å². The molecule has 0 spiro atoms. The van der Waals surface area contributed by atoms with Crippen molar-refractivity contribution in [2.75, 3.05) is 26.4 Å². The first-order chi connectivity index (χ1) is 9.63. The Morgan fingerprint density at radius 2 is 2.00 bits per heavy atom. The fourth-order valence-electron chi connectivity index (χ4n) is 1.47. The van der Waals surface area contributed by atoms with Crippen LogP contribution in [-0.4, -0.2) is 38.4 Å². The van der Waals surface area contributed by atoms with Gasteiger partial charge in [-0.3, -0.25) is 10.2 Å². The summed E-state index contributed by atoms with van der Waals surface area (Å²) < 4.78 is 16.2. The highest BCUT2D eigenvalue weighted by atomic mass is 16.5. The van der Waals surface area contributed by atoms with Gasteiger partial charge in [-0.1, -0.05) is 6.07 Å². The monoisotopic (exact) mass is 282 g/mol. The highest BCUT2D eigenvalue weighted by Gasteiger charge is 2.04. The molecule has 0 aliphatic heterocycles. The molecule has 0 heterocycles. The molecular formula is C14H22N2O4. The summed E-state index contributed by atoms with van der Waals surface area (Å²) in [5.41, 5.74) is 2.53. The zero-order chi connectivity index (χ0) is 14.8. The summed E-state index contributed by atoms with van der Waals surface area (Å²) in [6.45, 7) is 5.95. The van der Waals surface area contributed by atoms with Crippen LogP contribution in [0.2, 0.25) is 0 Å². The minimum Gasteiger partial charge on any atom is -0.491 e. The Morgan fingerprint density at radius 3 is 2.70 bits per heavy atom. The van der Waals surface area contributed by atoms with E-state index in [0.717, 1.165) is 0 Å². The molecule has 0 bridgehead atoms. The highest BCUT2D eigenvalue weighted by molar-refractivity contribution is 5.94. The molecule has 0 radical (unpaired) electrons. The van der Waals surface area contributed by atoms with Crippen LogP contribution in [-0.2, 0) is 9.47 Å². The van der Waals surface area contributed by atoms with Gasteiger partial charge in [0.15, 0.2) is 0 Å². The summed E-state index contributed by atoms with van der Waals surface area (Å²) in [5, 5.41) is 0. The quantitative estimate of drug-likeness (QED) is 0.307. The first kappa shape index (κ1) is 16.4. The summed E-state index contributed by atoms with van der Waals surface area (Å²) in [5.74, 6) is 5.33. The standard InChI is InChI=1S/C14H22N2O4/c1-11(2)19-8-6-18-7-9-20-13-5-3-4-12(10-13)14(17)16-15/h3-5,10-11H,6-9,15H2,1-2H3,(H,16,17). The average molecular weight is 282 g/mol. The lowest BCUT2D eigenvalue weighted by Gasteiger charge is -2.09. The Hall–Kier alpha value is -1.63. The molecule has 0 aliphatic carbocycles. The van der Waals surface area contributed by atoms with Gasteiger partial charge in [0.2, 0.25) is 0 Å². The highest BCUT2D eigenvalue weighted by Crippen LogP contribution is 2.12. The minimum absolute atomic E-state index is 0.214. The maximum Gasteiger partial charge on any atom is 0.265 e. The van der Waals surface area contributed by atoms with Crippen molar-refractivity contribution in [1.82, 2.24) is 5.43 Å². The third-order valence-electron chi connectivity index (χ3n) is 2.40. The van der Waals surface area contributed by atoms with Crippen molar-refractivity contribution in [3.63, 3.8) is 0 Å². The minimum atomic E-state index is -0.350. The molecule has 6 heteroatoms. The van der Waals surface area contributed by atoms with Gasteiger partial charge < -0.3 is 14.2 Å². The Morgan fingerprint density at radius 1 is 1.25 bits per heavy atom. The van der Waals surface area contributed by atoms with Crippen LogP contribution in [0.4, 0.5) is 0 Å². The molecule has 6 nitrogen and oxygen atoms in total. The second-order valence-electron chi connectivity index (χ2n) is 4.38. The summed E-state index contributed by atoms with van der Waals surface area (Å²) in [6.07, 6.45) is 0.214. The number of nitrogen functional groups attached to an aromatic ring is 1. The number of hydrogen-bond donors (Lipinski definition) is 2. The zero-order valence-corrected chi connectivity index (χ0v) is 11.9. The van der Waals surface area contributed by atoms with Crippen LogP contribution < -0.4 is 16.0 Å². The van der Waals surface area contributed by atoms with Gasteiger partial charge in [-0.15, -0.1) is 0 Å². The maximum absolute atomic E-state index is 11.3. The lowest BCUT2D eigenvalue weighted by atomic mass is 10.2. The van der Waals surface area contributed by atoms with Crippen LogP contribution >= 0.6 is 0 Å². The van der Waals surface area contributed by atoms with Crippen LogP contribution in [0, 0.1) is 0 Å². The zero-order valence-electron chi connectivity index (χ0n) is 11.9. The fraction of sp³-hybridized carbons (Fsp3) is 0.500. The van der Waals surface area contributed by atoms with Gasteiger partial charge in [0, 0.05) is 5.56 Å². The number of nitrogens with one attached hydrogen (secondary N) is 1. The van der Waals surface area contributed by atoms with Gasteiger partial charge in [0.05, 0.1) is 25.9 Å². The van der Waals surface area contributed by atoms with Crippen LogP contribution in [0.5, 0.6) is 5.75 Å². The smallest absolute Gasteiger partial charge is 0.265 e. The van der Waals surface area contributed by atoms with Crippen LogP contribution in [0.1, 0.15) is 24.2 Å². The molecular weight excluding hydrogens is 260 g/mol. The van der Waals surface area contributed by atoms with E-state index < -0.39 is 0 Å². The van der Waals surface area contributed by atoms with Gasteiger partial charge in [0.25, 0.3) is 5.91 Å². The number of hydrogen-bond acceptors (Lipinski definition) is 5. The molecule has 0 aliphatic rings. The molecule has 0 saturated carbocycles. The molecule has 0 saturated heterocycles. The summed E-state index contributed by atoms with van der Waals surface area (Å²) >= 11 is 0. The molecule has 20 heavy (non-hydrogen) atoms. The molecule has 0 atom stereocenters. The second-order valence-corrected chi connectivity index (χ2v) is 4.38. The van der Waals surface area contributed by atoms with Gasteiger partial charge in [-0.2, -0.15) is 0 Å². The van der Waals surface area contributed by atoms with Crippen molar-refractivity contribution in [3.8, 4) is 5.75 Å². The topological polar surface area (TPSA) is 82.8 Å². The molecule has 3 N–H and O–H groups in total.